The fraction of sp³-hybridized carbons (Fsp3) is 0.333. The number of nitrogens with one attached hydrogen (secondary N) is 1. The maximum atomic E-state index is 12.9. The Kier molecular flexibility index (Phi) is 4.12. The minimum Gasteiger partial charge on any atom is -0.494 e. The van der Waals surface area contributed by atoms with Crippen LogP contribution in [0.4, 0.5) is 17.1 Å². The molecule has 1 saturated heterocycles. The molecule has 6 rings (SSSR count). The largest absolute Gasteiger partial charge is 0.494 e. The lowest BCUT2D eigenvalue weighted by Crippen LogP contribution is -2.39. The third kappa shape index (κ3) is 2.77. The molecule has 6 nitrogen and oxygen atoms in total. The van der Waals surface area contributed by atoms with Crippen LogP contribution in [0.5, 0.6) is 5.75 Å². The highest BCUT2D eigenvalue weighted by Gasteiger charge is 2.33. The van der Waals surface area contributed by atoms with Crippen molar-refractivity contribution in [2.45, 2.75) is 25.7 Å². The number of pyridine rings is 1. The Hall–Kier alpha value is -2.80. The highest BCUT2D eigenvalue weighted by Crippen LogP contribution is 2.45. The number of thiophene rings is 1. The number of nitrogens with zero attached hydrogens (tertiary/aromatic N) is 2. The van der Waals surface area contributed by atoms with Gasteiger partial charge in [0.2, 0.25) is 0 Å². The van der Waals surface area contributed by atoms with Crippen LogP contribution in [0.3, 0.4) is 0 Å². The summed E-state index contributed by atoms with van der Waals surface area (Å²) in [5.41, 5.74) is 9.92. The number of ether oxygens (including phenoxy) is 1. The standard InChI is InChI=1S/C21H22N4O2S/c1-2-27-14-5-3-4-13(10-14)23-20(26)19-17(22)15-11-16-18(24-21(15)28-19)12-6-8-25(16)9-7-12/h3-5,10-12H,2,6-9,22H2,1H3,(H,23,26). The van der Waals surface area contributed by atoms with E-state index in [1.807, 2.05) is 31.2 Å². The Balaban J connectivity index is 1.48. The Labute approximate surface area is 167 Å². The molecule has 28 heavy (non-hydrogen) atoms. The van der Waals surface area contributed by atoms with E-state index in [2.05, 4.69) is 16.3 Å². The third-order valence-electron chi connectivity index (χ3n) is 5.56. The van der Waals surface area contributed by atoms with Crippen LogP contribution >= 0.6 is 11.3 Å². The molecule has 0 atom stereocenters. The molecule has 0 unspecified atom stereocenters. The molecule has 1 fully saturated rings. The van der Waals surface area contributed by atoms with Crippen molar-refractivity contribution < 1.29 is 9.53 Å². The normalized spacial score (nSPS) is 15.7. The van der Waals surface area contributed by atoms with Gasteiger partial charge in [-0.1, -0.05) is 6.07 Å². The van der Waals surface area contributed by atoms with Crippen LogP contribution in [0.2, 0.25) is 0 Å². The van der Waals surface area contributed by atoms with E-state index < -0.39 is 0 Å². The minimum absolute atomic E-state index is 0.213. The van der Waals surface area contributed by atoms with Crippen molar-refractivity contribution in [2.75, 3.05) is 35.6 Å². The number of hydrogen-bond donors (Lipinski definition) is 2. The summed E-state index contributed by atoms with van der Waals surface area (Å²) in [5, 5.41) is 3.81. The van der Waals surface area contributed by atoms with E-state index in [9.17, 15) is 4.79 Å². The Bertz CT molecular complexity index is 1070. The molecule has 3 N–H and O–H groups in total. The third-order valence-corrected chi connectivity index (χ3v) is 6.67. The lowest BCUT2D eigenvalue weighted by molar-refractivity contribution is 0.103. The molecule has 1 amide bonds. The van der Waals surface area contributed by atoms with Crippen LogP contribution in [-0.4, -0.2) is 30.6 Å². The van der Waals surface area contributed by atoms with Gasteiger partial charge >= 0.3 is 0 Å². The fourth-order valence-electron chi connectivity index (χ4n) is 4.18. The zero-order valence-electron chi connectivity index (χ0n) is 15.7. The van der Waals surface area contributed by atoms with Crippen LogP contribution < -0.4 is 20.7 Å². The first kappa shape index (κ1) is 17.3. The van der Waals surface area contributed by atoms with Crippen molar-refractivity contribution in [2.24, 2.45) is 0 Å². The summed E-state index contributed by atoms with van der Waals surface area (Å²) in [4.78, 5) is 21.5. The highest BCUT2D eigenvalue weighted by molar-refractivity contribution is 7.21. The SMILES string of the molecule is CCOc1cccc(NC(=O)c2sc3nc4c(cc3c2N)N2CCC4CC2)c1. The second-order valence-corrected chi connectivity index (χ2v) is 8.27. The lowest BCUT2D eigenvalue weighted by atomic mass is 9.86. The Morgan fingerprint density at radius 3 is 2.96 bits per heavy atom. The molecule has 0 saturated carbocycles. The van der Waals surface area contributed by atoms with Crippen LogP contribution in [0.25, 0.3) is 10.2 Å². The number of benzene rings is 1. The van der Waals surface area contributed by atoms with Gasteiger partial charge in [0.05, 0.1) is 23.7 Å². The van der Waals surface area contributed by atoms with Gasteiger partial charge in [-0.05, 0) is 38.0 Å². The number of anilines is 3. The number of fused-ring (bicyclic) bond motifs is 3. The number of carbonyl (C=O) groups is 1. The number of piperidine rings is 1. The summed E-state index contributed by atoms with van der Waals surface area (Å²) < 4.78 is 5.50. The van der Waals surface area contributed by atoms with Crippen LogP contribution in [-0.2, 0) is 0 Å². The zero-order chi connectivity index (χ0) is 19.3. The molecular formula is C21H22N4O2S. The molecule has 3 aromatic rings. The number of aromatic nitrogens is 1. The maximum Gasteiger partial charge on any atom is 0.267 e. The quantitative estimate of drug-likeness (QED) is 0.692. The number of amides is 1. The molecule has 7 heteroatoms. The first-order valence-corrected chi connectivity index (χ1v) is 10.5. The first-order valence-electron chi connectivity index (χ1n) is 9.66. The molecule has 0 aliphatic carbocycles. The van der Waals surface area contributed by atoms with E-state index in [1.54, 1.807) is 0 Å². The minimum atomic E-state index is -0.213. The molecule has 5 heterocycles. The van der Waals surface area contributed by atoms with Crippen molar-refractivity contribution in [1.82, 2.24) is 4.98 Å². The van der Waals surface area contributed by atoms with E-state index in [-0.39, 0.29) is 5.91 Å². The van der Waals surface area contributed by atoms with Gasteiger partial charge in [0, 0.05) is 36.1 Å². The van der Waals surface area contributed by atoms with Gasteiger partial charge in [0.15, 0.2) is 0 Å². The monoisotopic (exact) mass is 394 g/mol. The van der Waals surface area contributed by atoms with Crippen LogP contribution in [0, 0.1) is 0 Å². The van der Waals surface area contributed by atoms with Gasteiger partial charge in [-0.15, -0.1) is 11.3 Å². The van der Waals surface area contributed by atoms with Crippen molar-refractivity contribution in [3.05, 3.63) is 40.9 Å². The number of carbonyl (C=O) groups excluding carboxylic acids is 1. The van der Waals surface area contributed by atoms with Gasteiger partial charge < -0.3 is 20.7 Å². The van der Waals surface area contributed by atoms with Crippen molar-refractivity contribution in [1.29, 1.82) is 0 Å². The summed E-state index contributed by atoms with van der Waals surface area (Å²) in [6.07, 6.45) is 2.33. The molecule has 0 spiro atoms. The molecule has 2 bridgehead atoms. The number of rotatable bonds is 4. The molecular weight excluding hydrogens is 372 g/mol. The summed E-state index contributed by atoms with van der Waals surface area (Å²) in [6, 6.07) is 9.50. The van der Waals surface area contributed by atoms with Crippen LogP contribution in [0.1, 0.15) is 41.0 Å². The molecule has 0 radical (unpaired) electrons. The second-order valence-electron chi connectivity index (χ2n) is 7.27. The predicted molar refractivity (Wildman–Crippen MR) is 114 cm³/mol. The van der Waals surface area contributed by atoms with E-state index >= 15 is 0 Å². The average molecular weight is 395 g/mol. The zero-order valence-corrected chi connectivity index (χ0v) is 16.5. The number of nitrogens with two attached hydrogens (primary N) is 1. The molecule has 3 aliphatic heterocycles. The predicted octanol–water partition coefficient (Wildman–Crippen LogP) is 4.23. The summed E-state index contributed by atoms with van der Waals surface area (Å²) >= 11 is 1.37. The average Bonchev–Trinajstić information content (AvgIpc) is 3.04. The second kappa shape index (κ2) is 6.67. The van der Waals surface area contributed by atoms with E-state index in [4.69, 9.17) is 15.5 Å². The van der Waals surface area contributed by atoms with Gasteiger partial charge in [-0.3, -0.25) is 4.79 Å². The molecule has 3 aliphatic rings. The summed E-state index contributed by atoms with van der Waals surface area (Å²) in [6.45, 7) is 4.67. The fourth-order valence-corrected chi connectivity index (χ4v) is 5.16. The highest BCUT2D eigenvalue weighted by atomic mass is 32.1. The number of nitrogen functional groups attached to an aromatic ring is 1. The Morgan fingerprint density at radius 1 is 1.36 bits per heavy atom. The van der Waals surface area contributed by atoms with Gasteiger partial charge in [-0.25, -0.2) is 4.98 Å². The molecule has 1 aromatic carbocycles. The Morgan fingerprint density at radius 2 is 2.18 bits per heavy atom. The van der Waals surface area contributed by atoms with Crippen molar-refractivity contribution >= 4 is 44.5 Å². The first-order chi connectivity index (χ1) is 13.6. The van der Waals surface area contributed by atoms with E-state index in [1.165, 1.54) is 22.7 Å². The van der Waals surface area contributed by atoms with Crippen LogP contribution in [0.15, 0.2) is 30.3 Å². The van der Waals surface area contributed by atoms with Crippen molar-refractivity contribution in [3.8, 4) is 5.75 Å². The summed E-state index contributed by atoms with van der Waals surface area (Å²) in [7, 11) is 0. The number of hydrogen-bond acceptors (Lipinski definition) is 6. The van der Waals surface area contributed by atoms with Gasteiger partial charge in [0.1, 0.15) is 15.5 Å². The summed E-state index contributed by atoms with van der Waals surface area (Å²) in [5.74, 6) is 1.05. The molecule has 144 valence electrons. The van der Waals surface area contributed by atoms with E-state index in [0.717, 1.165) is 41.9 Å². The van der Waals surface area contributed by atoms with Gasteiger partial charge in [0.25, 0.3) is 5.91 Å². The molecule has 2 aromatic heterocycles. The van der Waals surface area contributed by atoms with E-state index in [0.29, 0.717) is 28.8 Å². The maximum absolute atomic E-state index is 12.9. The lowest BCUT2D eigenvalue weighted by Gasteiger charge is -2.41. The topological polar surface area (TPSA) is 80.5 Å². The smallest absolute Gasteiger partial charge is 0.267 e. The van der Waals surface area contributed by atoms with Crippen molar-refractivity contribution in [3.63, 3.8) is 0 Å². The van der Waals surface area contributed by atoms with Gasteiger partial charge in [-0.2, -0.15) is 0 Å².